The smallest absolute Gasteiger partial charge is 0.252 e. The minimum absolute atomic E-state index is 0.0137. The predicted octanol–water partition coefficient (Wildman–Crippen LogP) is 22.7. The molecule has 0 N–H and O–H groups in total. The molecule has 12 aromatic rings. The fourth-order valence-electron chi connectivity index (χ4n) is 16.0. The van der Waals surface area contributed by atoms with Gasteiger partial charge in [0, 0.05) is 44.9 Å². The third-order valence-electron chi connectivity index (χ3n) is 21.0. The van der Waals surface area contributed by atoms with Crippen LogP contribution in [0.2, 0.25) is 0 Å². The summed E-state index contributed by atoms with van der Waals surface area (Å²) in [6.45, 7) is 37.4. The monoisotopic (exact) mass is 1210 g/mol. The molecule has 0 amide bonds. The Bertz CT molecular complexity index is 4900. The number of hydrogen-bond acceptors (Lipinski definition) is 2. The molecule has 1 aromatic heterocycles. The van der Waals surface area contributed by atoms with Crippen molar-refractivity contribution in [1.82, 2.24) is 4.57 Å². The van der Waals surface area contributed by atoms with Crippen molar-refractivity contribution in [3.63, 3.8) is 0 Å². The molecule has 0 saturated heterocycles. The zero-order chi connectivity index (χ0) is 65.1. The van der Waals surface area contributed by atoms with E-state index in [4.69, 9.17) is 0 Å². The largest absolute Gasteiger partial charge is 0.311 e. The first-order valence-electron chi connectivity index (χ1n) is 33.9. The second kappa shape index (κ2) is 21.2. The first-order chi connectivity index (χ1) is 44.1. The summed E-state index contributed by atoms with van der Waals surface area (Å²) in [7, 11) is 0. The van der Waals surface area contributed by atoms with Gasteiger partial charge in [0.05, 0.1) is 16.7 Å². The fourth-order valence-corrected chi connectivity index (χ4v) is 16.0. The van der Waals surface area contributed by atoms with Gasteiger partial charge in [-0.15, -0.1) is 0 Å². The Morgan fingerprint density at radius 2 is 0.688 bits per heavy atom. The quantitative estimate of drug-likeness (QED) is 0.147. The third-order valence-corrected chi connectivity index (χ3v) is 21.0. The molecular weight excluding hydrogens is 1120 g/mol. The zero-order valence-corrected chi connectivity index (χ0v) is 57.6. The summed E-state index contributed by atoms with van der Waals surface area (Å²) >= 11 is 0. The van der Waals surface area contributed by atoms with E-state index in [-0.39, 0.29) is 39.2 Å². The van der Waals surface area contributed by atoms with E-state index >= 15 is 0 Å². The maximum Gasteiger partial charge on any atom is 0.252 e. The summed E-state index contributed by atoms with van der Waals surface area (Å²) in [4.78, 5) is 5.21. The van der Waals surface area contributed by atoms with E-state index in [2.05, 4.69) is 356 Å². The average Bonchev–Trinajstić information content (AvgIpc) is 0.975. The number of anilines is 6. The molecule has 2 aliphatic heterocycles. The van der Waals surface area contributed by atoms with Crippen molar-refractivity contribution >= 4 is 79.0 Å². The highest BCUT2D eigenvalue weighted by Gasteiger charge is 2.45. The molecule has 11 aromatic carbocycles. The van der Waals surface area contributed by atoms with E-state index < -0.39 is 0 Å². The maximum atomic E-state index is 2.60. The molecule has 0 unspecified atom stereocenters. The molecule has 4 heteroatoms. The molecule has 0 atom stereocenters. The molecule has 3 nitrogen and oxygen atoms in total. The Kier molecular flexibility index (Phi) is 13.7. The molecule has 3 heterocycles. The van der Waals surface area contributed by atoms with Crippen molar-refractivity contribution in [1.29, 1.82) is 0 Å². The molecule has 1 aliphatic carbocycles. The standard InChI is InChI=1S/C89H88BN3/c1-84(2,3)64-25-21-23-58(45-64)61-36-43-79-75(50-61)90-76-51-62(59-24-22-26-65(46-59)85(4,5)6)37-44-80(76)92(69-40-33-57(34-41-69)63-47-66(86(7,8)9)52-67(48-63)87(10,11)12)82-54-70(93-77-29-19-17-27-71(77)72-28-18-20-30-78(72)93)53-81(83(82)90)91(79)68-38-31-56(32-39-68)60-35-42-73-74(49-60)89(15,16)55-88(73,13)14/h17-54H,55H2,1-16H3. The number of nitrogens with zero attached hydrogens (tertiary/aromatic N) is 3. The van der Waals surface area contributed by atoms with Crippen LogP contribution in [0.5, 0.6) is 0 Å². The Balaban J connectivity index is 1.02. The molecule has 3 aliphatic rings. The van der Waals surface area contributed by atoms with Crippen LogP contribution in [-0.4, -0.2) is 11.3 Å². The minimum atomic E-state index is -0.148. The predicted molar refractivity (Wildman–Crippen MR) is 402 cm³/mol. The van der Waals surface area contributed by atoms with Crippen LogP contribution in [-0.2, 0) is 32.5 Å². The van der Waals surface area contributed by atoms with Crippen LogP contribution in [0.4, 0.5) is 34.1 Å². The molecule has 0 fully saturated rings. The number of hydrogen-bond donors (Lipinski definition) is 0. The van der Waals surface area contributed by atoms with E-state index in [9.17, 15) is 0 Å². The molecule has 0 radical (unpaired) electrons. The maximum absolute atomic E-state index is 2.60. The Labute approximate surface area is 553 Å². The van der Waals surface area contributed by atoms with E-state index in [1.54, 1.807) is 0 Å². The normalized spacial score (nSPS) is 14.9. The third kappa shape index (κ3) is 10.3. The Morgan fingerprint density at radius 1 is 0.301 bits per heavy atom. The van der Waals surface area contributed by atoms with Gasteiger partial charge >= 0.3 is 0 Å². The van der Waals surface area contributed by atoms with Crippen LogP contribution in [0.1, 0.15) is 151 Å². The number of aromatic nitrogens is 1. The van der Waals surface area contributed by atoms with E-state index in [0.717, 1.165) is 29.2 Å². The van der Waals surface area contributed by atoms with Crippen molar-refractivity contribution < 1.29 is 0 Å². The topological polar surface area (TPSA) is 11.4 Å². The highest BCUT2D eigenvalue weighted by atomic mass is 15.2. The lowest BCUT2D eigenvalue weighted by atomic mass is 9.33. The van der Waals surface area contributed by atoms with Gasteiger partial charge in [-0.25, -0.2) is 0 Å². The van der Waals surface area contributed by atoms with Crippen molar-refractivity contribution in [2.45, 2.75) is 150 Å². The van der Waals surface area contributed by atoms with E-state index in [1.807, 2.05) is 0 Å². The van der Waals surface area contributed by atoms with Crippen LogP contribution < -0.4 is 26.2 Å². The number of benzene rings is 11. The molecule has 0 saturated carbocycles. The molecule has 15 rings (SSSR count). The van der Waals surface area contributed by atoms with Crippen LogP contribution in [0.3, 0.4) is 0 Å². The number of rotatable bonds is 7. The second-order valence-corrected chi connectivity index (χ2v) is 32.7. The van der Waals surface area contributed by atoms with Gasteiger partial charge in [0.1, 0.15) is 0 Å². The summed E-state index contributed by atoms with van der Waals surface area (Å²) in [5.74, 6) is 0. The molecule has 0 spiro atoms. The van der Waals surface area contributed by atoms with Gasteiger partial charge in [-0.3, -0.25) is 0 Å². The van der Waals surface area contributed by atoms with Crippen molar-refractivity contribution in [3.05, 3.63) is 264 Å². The van der Waals surface area contributed by atoms with Gasteiger partial charge in [0.15, 0.2) is 0 Å². The summed E-state index contributed by atoms with van der Waals surface area (Å²) in [6.07, 6.45) is 1.14. The Morgan fingerprint density at radius 3 is 1.15 bits per heavy atom. The summed E-state index contributed by atoms with van der Waals surface area (Å²) in [6, 6.07) is 89.7. The summed E-state index contributed by atoms with van der Waals surface area (Å²) < 4.78 is 2.52. The lowest BCUT2D eigenvalue weighted by Crippen LogP contribution is -2.61. The lowest BCUT2D eigenvalue weighted by Gasteiger charge is -2.44. The second-order valence-electron chi connectivity index (χ2n) is 32.7. The highest BCUT2D eigenvalue weighted by molar-refractivity contribution is 7.00. The van der Waals surface area contributed by atoms with Gasteiger partial charge in [-0.1, -0.05) is 281 Å². The molecule has 0 bridgehead atoms. The zero-order valence-electron chi connectivity index (χ0n) is 57.6. The van der Waals surface area contributed by atoms with Gasteiger partial charge in [-0.05, 0) is 194 Å². The first kappa shape index (κ1) is 60.1. The van der Waals surface area contributed by atoms with E-state index in [0.29, 0.717) is 0 Å². The summed E-state index contributed by atoms with van der Waals surface area (Å²) in [5, 5.41) is 2.48. The minimum Gasteiger partial charge on any atom is -0.311 e. The molecule has 462 valence electrons. The number of fused-ring (bicyclic) bond motifs is 8. The van der Waals surface area contributed by atoms with Crippen LogP contribution >= 0.6 is 0 Å². The highest BCUT2D eigenvalue weighted by Crippen LogP contribution is 2.52. The van der Waals surface area contributed by atoms with Gasteiger partial charge in [0.2, 0.25) is 0 Å². The summed E-state index contributed by atoms with van der Waals surface area (Å²) in [5.41, 5.74) is 32.5. The van der Waals surface area contributed by atoms with Gasteiger partial charge in [-0.2, -0.15) is 0 Å². The SMILES string of the molecule is CC(C)(C)c1cccc(-c2ccc3c(c2)B2c4cc(-c5cccc(C(C)(C)C)c5)ccc4N(c4ccc(-c5ccc6c(c5)C(C)(C)CC6(C)C)cc4)c4cc(-n5c6ccccc6c6ccccc65)cc(c42)N3c2ccc(-c3cc(C(C)(C)C)cc(C(C)(C)C)c3)cc2)c1. The lowest BCUT2D eigenvalue weighted by molar-refractivity contribution is 0.403. The van der Waals surface area contributed by atoms with Crippen molar-refractivity contribution in [2.24, 2.45) is 0 Å². The fraction of sp³-hybridized carbons (Fsp3) is 0.258. The molecular formula is C89H88BN3. The molecule has 93 heavy (non-hydrogen) atoms. The van der Waals surface area contributed by atoms with Crippen LogP contribution in [0, 0.1) is 0 Å². The van der Waals surface area contributed by atoms with Crippen LogP contribution in [0.15, 0.2) is 231 Å². The number of para-hydroxylation sites is 2. The van der Waals surface area contributed by atoms with Gasteiger partial charge < -0.3 is 14.4 Å². The van der Waals surface area contributed by atoms with Crippen molar-refractivity contribution in [2.75, 3.05) is 9.80 Å². The van der Waals surface area contributed by atoms with E-state index in [1.165, 1.54) is 133 Å². The Hall–Kier alpha value is -9.12. The van der Waals surface area contributed by atoms with Crippen LogP contribution in [0.25, 0.3) is 72.0 Å². The first-order valence-corrected chi connectivity index (χ1v) is 33.9. The average molecular weight is 1210 g/mol. The van der Waals surface area contributed by atoms with Crippen molar-refractivity contribution in [3.8, 4) is 50.2 Å². The van der Waals surface area contributed by atoms with Gasteiger partial charge in [0.25, 0.3) is 6.71 Å².